The summed E-state index contributed by atoms with van der Waals surface area (Å²) < 4.78 is 0. The number of hydrogen-bond acceptors (Lipinski definition) is 1. The molecule has 2 atom stereocenters. The van der Waals surface area contributed by atoms with Crippen LogP contribution in [0.2, 0.25) is 0 Å². The number of carbonyl (C=O) groups is 1. The van der Waals surface area contributed by atoms with Crippen LogP contribution in [0, 0.1) is 11.3 Å². The highest BCUT2D eigenvalue weighted by atomic mass is 16.2. The molecule has 2 heteroatoms. The van der Waals surface area contributed by atoms with Crippen LogP contribution >= 0.6 is 0 Å². The fourth-order valence-corrected chi connectivity index (χ4v) is 1.50. The Kier molecular flexibility index (Phi) is 1.78. The van der Waals surface area contributed by atoms with E-state index in [0.717, 1.165) is 6.42 Å². The summed E-state index contributed by atoms with van der Waals surface area (Å²) in [5, 5.41) is 0. The Morgan fingerprint density at radius 1 is 1.73 bits per heavy atom. The third-order valence-electron chi connectivity index (χ3n) is 2.48. The smallest absolute Gasteiger partial charge is 0.228 e. The average Bonchev–Trinajstić information content (AvgIpc) is 2.61. The Balaban J connectivity index is 2.63. The molecule has 62 valence electrons. The number of rotatable bonds is 2. The lowest BCUT2D eigenvalue weighted by molar-refractivity contribution is -0.134. The van der Waals surface area contributed by atoms with Gasteiger partial charge in [-0.3, -0.25) is 4.79 Å². The van der Waals surface area contributed by atoms with Gasteiger partial charge in [-0.15, -0.1) is 6.58 Å². The Morgan fingerprint density at radius 3 is 2.55 bits per heavy atom. The molecule has 0 radical (unpaired) electrons. The third-order valence-corrected chi connectivity index (χ3v) is 2.48. The summed E-state index contributed by atoms with van der Waals surface area (Å²) in [5.41, 5.74) is -0.134. The van der Waals surface area contributed by atoms with E-state index in [-0.39, 0.29) is 11.3 Å². The molecule has 0 aromatic carbocycles. The number of allylic oxidation sites excluding steroid dienone is 1. The van der Waals surface area contributed by atoms with E-state index in [9.17, 15) is 4.79 Å². The van der Waals surface area contributed by atoms with Crippen LogP contribution in [-0.4, -0.2) is 24.9 Å². The molecule has 1 aliphatic rings. The maximum absolute atomic E-state index is 11.5. The van der Waals surface area contributed by atoms with Crippen molar-refractivity contribution in [3.8, 4) is 0 Å². The minimum atomic E-state index is -0.134. The van der Waals surface area contributed by atoms with E-state index in [1.807, 2.05) is 13.0 Å². The fraction of sp³-hybridized carbons (Fsp3) is 0.667. The van der Waals surface area contributed by atoms with E-state index >= 15 is 0 Å². The topological polar surface area (TPSA) is 20.3 Å². The second-order valence-corrected chi connectivity index (χ2v) is 3.66. The van der Waals surface area contributed by atoms with Crippen LogP contribution in [0.25, 0.3) is 0 Å². The van der Waals surface area contributed by atoms with Crippen molar-refractivity contribution in [3.05, 3.63) is 12.7 Å². The van der Waals surface area contributed by atoms with Crippen molar-refractivity contribution < 1.29 is 4.79 Å². The molecule has 0 aromatic rings. The van der Waals surface area contributed by atoms with Gasteiger partial charge < -0.3 is 4.90 Å². The standard InChI is InChI=1S/C9H15NO/c1-5-7-6-9(7,2)8(11)10(3)4/h5,7H,1,6H2,2-4H3. The maximum Gasteiger partial charge on any atom is 0.228 e. The molecule has 2 nitrogen and oxygen atoms in total. The van der Waals surface area contributed by atoms with E-state index in [0.29, 0.717) is 5.92 Å². The van der Waals surface area contributed by atoms with Crippen molar-refractivity contribution in [1.82, 2.24) is 4.90 Å². The highest BCUT2D eigenvalue weighted by Crippen LogP contribution is 2.53. The first kappa shape index (κ1) is 8.31. The van der Waals surface area contributed by atoms with Crippen molar-refractivity contribution in [2.75, 3.05) is 14.1 Å². The van der Waals surface area contributed by atoms with E-state index in [1.54, 1.807) is 19.0 Å². The molecule has 0 heterocycles. The van der Waals surface area contributed by atoms with Crippen LogP contribution in [0.3, 0.4) is 0 Å². The van der Waals surface area contributed by atoms with Gasteiger partial charge in [0.25, 0.3) is 0 Å². The van der Waals surface area contributed by atoms with Crippen LogP contribution in [-0.2, 0) is 4.79 Å². The van der Waals surface area contributed by atoms with Crippen LogP contribution in [0.5, 0.6) is 0 Å². The minimum absolute atomic E-state index is 0.134. The Bertz CT molecular complexity index is 198. The van der Waals surface area contributed by atoms with Crippen molar-refractivity contribution in [1.29, 1.82) is 0 Å². The molecule has 1 aliphatic carbocycles. The molecule has 0 N–H and O–H groups in total. The van der Waals surface area contributed by atoms with E-state index in [4.69, 9.17) is 0 Å². The molecular weight excluding hydrogens is 138 g/mol. The third kappa shape index (κ3) is 1.17. The summed E-state index contributed by atoms with van der Waals surface area (Å²) >= 11 is 0. The van der Waals surface area contributed by atoms with Crippen LogP contribution < -0.4 is 0 Å². The van der Waals surface area contributed by atoms with Crippen LogP contribution in [0.4, 0.5) is 0 Å². The van der Waals surface area contributed by atoms with Gasteiger partial charge in [-0.05, 0) is 12.3 Å². The van der Waals surface area contributed by atoms with Crippen LogP contribution in [0.15, 0.2) is 12.7 Å². The minimum Gasteiger partial charge on any atom is -0.348 e. The van der Waals surface area contributed by atoms with Gasteiger partial charge in [0.2, 0.25) is 5.91 Å². The Labute approximate surface area is 67.9 Å². The van der Waals surface area contributed by atoms with Gasteiger partial charge in [-0.1, -0.05) is 13.0 Å². The van der Waals surface area contributed by atoms with Crippen LogP contribution in [0.1, 0.15) is 13.3 Å². The van der Waals surface area contributed by atoms with Gasteiger partial charge in [-0.25, -0.2) is 0 Å². The van der Waals surface area contributed by atoms with Gasteiger partial charge in [0.15, 0.2) is 0 Å². The normalized spacial score (nSPS) is 34.6. The summed E-state index contributed by atoms with van der Waals surface area (Å²) in [7, 11) is 3.60. The zero-order valence-corrected chi connectivity index (χ0v) is 7.42. The summed E-state index contributed by atoms with van der Waals surface area (Å²) in [4.78, 5) is 13.1. The second kappa shape index (κ2) is 2.36. The summed E-state index contributed by atoms with van der Waals surface area (Å²) in [6.07, 6.45) is 2.84. The van der Waals surface area contributed by atoms with Gasteiger partial charge in [0.05, 0.1) is 5.41 Å². The zero-order valence-electron chi connectivity index (χ0n) is 7.42. The number of amides is 1. The predicted molar refractivity (Wildman–Crippen MR) is 45.1 cm³/mol. The number of nitrogens with zero attached hydrogens (tertiary/aromatic N) is 1. The first-order chi connectivity index (χ1) is 5.02. The second-order valence-electron chi connectivity index (χ2n) is 3.66. The first-order valence-electron chi connectivity index (χ1n) is 3.86. The molecule has 11 heavy (non-hydrogen) atoms. The lowest BCUT2D eigenvalue weighted by atomic mass is 10.1. The Hall–Kier alpha value is -0.790. The molecule has 1 fully saturated rings. The summed E-state index contributed by atoms with van der Waals surface area (Å²) in [5.74, 6) is 0.625. The molecule has 1 saturated carbocycles. The molecule has 0 saturated heterocycles. The summed E-state index contributed by atoms with van der Waals surface area (Å²) in [6.45, 7) is 5.69. The lowest BCUT2D eigenvalue weighted by Crippen LogP contribution is -2.30. The maximum atomic E-state index is 11.5. The van der Waals surface area contributed by atoms with Gasteiger partial charge in [-0.2, -0.15) is 0 Å². The molecule has 0 aromatic heterocycles. The van der Waals surface area contributed by atoms with E-state index < -0.39 is 0 Å². The molecule has 0 spiro atoms. The zero-order chi connectivity index (χ0) is 8.65. The molecule has 0 bridgehead atoms. The first-order valence-corrected chi connectivity index (χ1v) is 3.86. The lowest BCUT2D eigenvalue weighted by Gasteiger charge is -2.15. The molecule has 1 rings (SSSR count). The van der Waals surface area contributed by atoms with Crippen molar-refractivity contribution >= 4 is 5.91 Å². The molecule has 2 unspecified atom stereocenters. The molecule has 1 amide bonds. The van der Waals surface area contributed by atoms with E-state index in [2.05, 4.69) is 6.58 Å². The van der Waals surface area contributed by atoms with Crippen molar-refractivity contribution in [3.63, 3.8) is 0 Å². The highest BCUT2D eigenvalue weighted by molar-refractivity contribution is 5.85. The van der Waals surface area contributed by atoms with Gasteiger partial charge >= 0.3 is 0 Å². The number of hydrogen-bond donors (Lipinski definition) is 0. The average molecular weight is 153 g/mol. The predicted octanol–water partition coefficient (Wildman–Crippen LogP) is 1.29. The molecule has 0 aliphatic heterocycles. The highest BCUT2D eigenvalue weighted by Gasteiger charge is 2.54. The Morgan fingerprint density at radius 2 is 2.27 bits per heavy atom. The van der Waals surface area contributed by atoms with Gasteiger partial charge in [0.1, 0.15) is 0 Å². The largest absolute Gasteiger partial charge is 0.348 e. The SMILES string of the molecule is C=CC1CC1(C)C(=O)N(C)C. The fourth-order valence-electron chi connectivity index (χ4n) is 1.50. The van der Waals surface area contributed by atoms with Crippen molar-refractivity contribution in [2.24, 2.45) is 11.3 Å². The molecular formula is C9H15NO. The van der Waals surface area contributed by atoms with E-state index in [1.165, 1.54) is 0 Å². The van der Waals surface area contributed by atoms with Gasteiger partial charge in [0, 0.05) is 14.1 Å². The van der Waals surface area contributed by atoms with Crippen molar-refractivity contribution in [2.45, 2.75) is 13.3 Å². The monoisotopic (exact) mass is 153 g/mol. The number of carbonyl (C=O) groups excluding carboxylic acids is 1. The summed E-state index contributed by atoms with van der Waals surface area (Å²) in [6, 6.07) is 0. The quantitative estimate of drug-likeness (QED) is 0.547.